The van der Waals surface area contributed by atoms with Crippen LogP contribution < -0.4 is 5.73 Å². The van der Waals surface area contributed by atoms with Crippen LogP contribution in [0.5, 0.6) is 0 Å². The lowest BCUT2D eigenvalue weighted by atomic mass is 9.98. The maximum absolute atomic E-state index is 6.15. The molecule has 2 aromatic rings. The third kappa shape index (κ3) is 2.82. The molecule has 0 aliphatic heterocycles. The maximum Gasteiger partial charge on any atom is 0.134 e. The summed E-state index contributed by atoms with van der Waals surface area (Å²) in [4.78, 5) is 0. The number of halogens is 1. The Morgan fingerprint density at radius 3 is 2.82 bits per heavy atom. The molecular weight excluding hydrogens is 234 g/mol. The molecule has 2 rings (SSSR count). The molecule has 1 aromatic heterocycles. The van der Waals surface area contributed by atoms with Crippen molar-refractivity contribution in [2.24, 2.45) is 11.7 Å². The van der Waals surface area contributed by atoms with E-state index in [2.05, 4.69) is 13.8 Å². The van der Waals surface area contributed by atoms with Crippen LogP contribution >= 0.6 is 11.6 Å². The summed E-state index contributed by atoms with van der Waals surface area (Å²) in [5.41, 5.74) is 7.00. The molecule has 2 N–H and O–H groups in total. The van der Waals surface area contributed by atoms with Gasteiger partial charge >= 0.3 is 0 Å². The second-order valence-electron chi connectivity index (χ2n) is 4.69. The van der Waals surface area contributed by atoms with Crippen molar-refractivity contribution in [2.75, 3.05) is 0 Å². The van der Waals surface area contributed by atoms with Crippen LogP contribution in [0.25, 0.3) is 11.0 Å². The summed E-state index contributed by atoms with van der Waals surface area (Å²) in [6.45, 7) is 4.38. The first-order chi connectivity index (χ1) is 8.10. The molecule has 0 amide bonds. The third-order valence-electron chi connectivity index (χ3n) is 3.22. The van der Waals surface area contributed by atoms with Gasteiger partial charge in [0, 0.05) is 10.4 Å². The molecule has 17 heavy (non-hydrogen) atoms. The van der Waals surface area contributed by atoms with E-state index in [9.17, 15) is 0 Å². The van der Waals surface area contributed by atoms with Crippen LogP contribution in [0.4, 0.5) is 0 Å². The number of rotatable bonds is 4. The Bertz CT molecular complexity index is 506. The van der Waals surface area contributed by atoms with Crippen LogP contribution in [0.2, 0.25) is 5.02 Å². The number of nitrogens with two attached hydrogens (primary N) is 1. The summed E-state index contributed by atoms with van der Waals surface area (Å²) >= 11 is 5.94. The minimum atomic E-state index is -0.0314. The zero-order valence-electron chi connectivity index (χ0n) is 10.2. The second kappa shape index (κ2) is 5.11. The normalized spacial score (nSPS) is 15.1. The highest BCUT2D eigenvalue weighted by molar-refractivity contribution is 6.31. The summed E-state index contributed by atoms with van der Waals surface area (Å²) in [5, 5.41) is 1.74. The van der Waals surface area contributed by atoms with Crippen molar-refractivity contribution < 1.29 is 4.42 Å². The molecule has 0 aliphatic carbocycles. The number of hydrogen-bond donors (Lipinski definition) is 1. The molecule has 1 heterocycles. The van der Waals surface area contributed by atoms with Gasteiger partial charge in [0.2, 0.25) is 0 Å². The second-order valence-corrected chi connectivity index (χ2v) is 5.12. The summed E-state index contributed by atoms with van der Waals surface area (Å²) in [6.07, 6.45) is 2.09. The van der Waals surface area contributed by atoms with Crippen LogP contribution in [0.15, 0.2) is 28.7 Å². The molecule has 92 valence electrons. The highest BCUT2D eigenvalue weighted by Crippen LogP contribution is 2.28. The average molecular weight is 252 g/mol. The van der Waals surface area contributed by atoms with Crippen molar-refractivity contribution in [3.8, 4) is 0 Å². The highest BCUT2D eigenvalue weighted by atomic mass is 35.5. The SMILES string of the molecule is CCC(C)CC(N)c1cc2cc(Cl)ccc2o1. The number of benzene rings is 1. The van der Waals surface area contributed by atoms with E-state index in [0.717, 1.165) is 34.6 Å². The monoisotopic (exact) mass is 251 g/mol. The van der Waals surface area contributed by atoms with Gasteiger partial charge in [-0.05, 0) is 36.6 Å². The predicted octanol–water partition coefficient (Wildman–Crippen LogP) is 4.52. The molecule has 0 saturated heterocycles. The fourth-order valence-electron chi connectivity index (χ4n) is 1.93. The average Bonchev–Trinajstić information content (AvgIpc) is 2.71. The van der Waals surface area contributed by atoms with Crippen LogP contribution in [0.1, 0.15) is 38.5 Å². The first-order valence-electron chi connectivity index (χ1n) is 6.04. The molecule has 0 saturated carbocycles. The van der Waals surface area contributed by atoms with Gasteiger partial charge in [0.25, 0.3) is 0 Å². The molecule has 0 fully saturated rings. The predicted molar refractivity (Wildman–Crippen MR) is 72.2 cm³/mol. The standard InChI is InChI=1S/C14H18ClNO/c1-3-9(2)6-12(16)14-8-10-7-11(15)4-5-13(10)17-14/h4-5,7-9,12H,3,6,16H2,1-2H3. The number of fused-ring (bicyclic) bond motifs is 1. The molecule has 2 atom stereocenters. The van der Waals surface area contributed by atoms with Crippen molar-refractivity contribution in [2.45, 2.75) is 32.7 Å². The molecule has 0 spiro atoms. The van der Waals surface area contributed by atoms with Gasteiger partial charge < -0.3 is 10.2 Å². The summed E-state index contributed by atoms with van der Waals surface area (Å²) in [7, 11) is 0. The molecule has 2 nitrogen and oxygen atoms in total. The lowest BCUT2D eigenvalue weighted by Crippen LogP contribution is -2.12. The first kappa shape index (κ1) is 12.5. The Hall–Kier alpha value is -0.990. The van der Waals surface area contributed by atoms with Crippen LogP contribution in [0.3, 0.4) is 0 Å². The van der Waals surface area contributed by atoms with Crippen LogP contribution in [0, 0.1) is 5.92 Å². The third-order valence-corrected chi connectivity index (χ3v) is 3.45. The smallest absolute Gasteiger partial charge is 0.134 e. The topological polar surface area (TPSA) is 39.2 Å². The molecule has 3 heteroatoms. The molecule has 0 radical (unpaired) electrons. The molecule has 2 unspecified atom stereocenters. The van der Waals surface area contributed by atoms with Gasteiger partial charge in [-0.25, -0.2) is 0 Å². The van der Waals surface area contributed by atoms with Gasteiger partial charge in [0.15, 0.2) is 0 Å². The minimum absolute atomic E-state index is 0.0314. The summed E-state index contributed by atoms with van der Waals surface area (Å²) in [6, 6.07) is 7.58. The largest absolute Gasteiger partial charge is 0.459 e. The van der Waals surface area contributed by atoms with Gasteiger partial charge in [0.05, 0.1) is 6.04 Å². The molecular formula is C14H18ClNO. The Balaban J connectivity index is 2.24. The zero-order valence-corrected chi connectivity index (χ0v) is 11.0. The van der Waals surface area contributed by atoms with E-state index in [1.807, 2.05) is 24.3 Å². The van der Waals surface area contributed by atoms with E-state index in [4.69, 9.17) is 21.8 Å². The summed E-state index contributed by atoms with van der Waals surface area (Å²) in [5.74, 6) is 1.46. The maximum atomic E-state index is 6.15. The van der Waals surface area contributed by atoms with E-state index < -0.39 is 0 Å². The van der Waals surface area contributed by atoms with Gasteiger partial charge in [-0.1, -0.05) is 31.9 Å². The zero-order chi connectivity index (χ0) is 12.4. The van der Waals surface area contributed by atoms with Crippen molar-refractivity contribution in [3.63, 3.8) is 0 Å². The lowest BCUT2D eigenvalue weighted by molar-refractivity contribution is 0.408. The van der Waals surface area contributed by atoms with Crippen LogP contribution in [-0.4, -0.2) is 0 Å². The Kier molecular flexibility index (Phi) is 3.75. The fourth-order valence-corrected chi connectivity index (χ4v) is 2.11. The van der Waals surface area contributed by atoms with E-state index >= 15 is 0 Å². The molecule has 0 bridgehead atoms. The van der Waals surface area contributed by atoms with Crippen molar-refractivity contribution in [1.29, 1.82) is 0 Å². The summed E-state index contributed by atoms with van der Waals surface area (Å²) < 4.78 is 5.75. The van der Waals surface area contributed by atoms with Gasteiger partial charge in [-0.2, -0.15) is 0 Å². The fraction of sp³-hybridized carbons (Fsp3) is 0.429. The van der Waals surface area contributed by atoms with E-state index in [0.29, 0.717) is 5.92 Å². The first-order valence-corrected chi connectivity index (χ1v) is 6.42. The van der Waals surface area contributed by atoms with Crippen molar-refractivity contribution in [1.82, 2.24) is 0 Å². The number of hydrogen-bond acceptors (Lipinski definition) is 2. The number of furan rings is 1. The van der Waals surface area contributed by atoms with E-state index in [1.54, 1.807) is 0 Å². The van der Waals surface area contributed by atoms with Gasteiger partial charge in [0.1, 0.15) is 11.3 Å². The molecule has 0 aliphatic rings. The highest BCUT2D eigenvalue weighted by Gasteiger charge is 2.14. The van der Waals surface area contributed by atoms with Gasteiger partial charge in [-0.3, -0.25) is 0 Å². The van der Waals surface area contributed by atoms with Gasteiger partial charge in [-0.15, -0.1) is 0 Å². The quantitative estimate of drug-likeness (QED) is 0.868. The van der Waals surface area contributed by atoms with Crippen molar-refractivity contribution in [3.05, 3.63) is 35.0 Å². The minimum Gasteiger partial charge on any atom is -0.459 e. The van der Waals surface area contributed by atoms with E-state index in [1.165, 1.54) is 0 Å². The van der Waals surface area contributed by atoms with E-state index in [-0.39, 0.29) is 6.04 Å². The van der Waals surface area contributed by atoms with Crippen LogP contribution in [-0.2, 0) is 0 Å². The Labute approximate surface area is 107 Å². The molecule has 1 aromatic carbocycles. The Morgan fingerprint density at radius 2 is 2.12 bits per heavy atom. The van der Waals surface area contributed by atoms with Crippen molar-refractivity contribution >= 4 is 22.6 Å². The lowest BCUT2D eigenvalue weighted by Gasteiger charge is -2.13. The Morgan fingerprint density at radius 1 is 1.35 bits per heavy atom.